The molecule has 0 heterocycles. The SMILES string of the molecule is CCC(O)(COC)Cc1cccc(F)c1. The standard InChI is InChI=1S/C12H17FO2/c1-3-12(14,9-15-2)8-10-5-4-6-11(13)7-10/h4-7,14H,3,8-9H2,1-2H3. The van der Waals surface area contributed by atoms with Gasteiger partial charge in [0.1, 0.15) is 5.82 Å². The van der Waals surface area contributed by atoms with Crippen molar-refractivity contribution in [1.29, 1.82) is 0 Å². The van der Waals surface area contributed by atoms with Gasteiger partial charge in [-0.15, -0.1) is 0 Å². The Hall–Kier alpha value is -0.930. The fourth-order valence-electron chi connectivity index (χ4n) is 1.57. The Morgan fingerprint density at radius 2 is 2.20 bits per heavy atom. The van der Waals surface area contributed by atoms with Gasteiger partial charge in [0, 0.05) is 13.5 Å². The van der Waals surface area contributed by atoms with E-state index in [1.54, 1.807) is 19.2 Å². The molecule has 0 radical (unpaired) electrons. The van der Waals surface area contributed by atoms with Crippen molar-refractivity contribution in [2.45, 2.75) is 25.4 Å². The quantitative estimate of drug-likeness (QED) is 0.810. The Balaban J connectivity index is 2.74. The highest BCUT2D eigenvalue weighted by atomic mass is 19.1. The average Bonchev–Trinajstić information content (AvgIpc) is 2.18. The summed E-state index contributed by atoms with van der Waals surface area (Å²) in [6, 6.07) is 6.29. The predicted molar refractivity (Wildman–Crippen MR) is 57.2 cm³/mol. The number of methoxy groups -OCH3 is 1. The number of hydrogen-bond donors (Lipinski definition) is 1. The first-order valence-corrected chi connectivity index (χ1v) is 5.05. The molecule has 84 valence electrons. The molecule has 1 atom stereocenters. The van der Waals surface area contributed by atoms with Crippen molar-refractivity contribution in [3.63, 3.8) is 0 Å². The van der Waals surface area contributed by atoms with E-state index in [1.165, 1.54) is 12.1 Å². The molecule has 1 rings (SSSR count). The van der Waals surface area contributed by atoms with E-state index in [4.69, 9.17) is 4.74 Å². The molecule has 15 heavy (non-hydrogen) atoms. The van der Waals surface area contributed by atoms with E-state index in [0.29, 0.717) is 12.8 Å². The van der Waals surface area contributed by atoms with E-state index in [-0.39, 0.29) is 12.4 Å². The molecule has 0 saturated heterocycles. The summed E-state index contributed by atoms with van der Waals surface area (Å²) in [7, 11) is 1.55. The normalized spacial score (nSPS) is 14.9. The van der Waals surface area contributed by atoms with Crippen LogP contribution in [0.2, 0.25) is 0 Å². The number of benzene rings is 1. The molecule has 0 fully saturated rings. The molecule has 1 aromatic rings. The second-order valence-corrected chi connectivity index (χ2v) is 3.82. The van der Waals surface area contributed by atoms with E-state index >= 15 is 0 Å². The van der Waals surface area contributed by atoms with Crippen LogP contribution in [0, 0.1) is 5.82 Å². The molecule has 0 aliphatic carbocycles. The van der Waals surface area contributed by atoms with E-state index in [2.05, 4.69) is 0 Å². The largest absolute Gasteiger partial charge is 0.387 e. The molecule has 1 aromatic carbocycles. The first-order chi connectivity index (χ1) is 7.09. The maximum atomic E-state index is 12.9. The molecule has 0 aliphatic rings. The zero-order chi connectivity index (χ0) is 11.3. The zero-order valence-corrected chi connectivity index (χ0v) is 9.16. The first kappa shape index (κ1) is 12.1. The summed E-state index contributed by atoms with van der Waals surface area (Å²) < 4.78 is 17.9. The monoisotopic (exact) mass is 212 g/mol. The second kappa shape index (κ2) is 5.24. The van der Waals surface area contributed by atoms with Crippen LogP contribution in [-0.4, -0.2) is 24.4 Å². The topological polar surface area (TPSA) is 29.5 Å². The fourth-order valence-corrected chi connectivity index (χ4v) is 1.57. The van der Waals surface area contributed by atoms with Crippen LogP contribution in [0.3, 0.4) is 0 Å². The van der Waals surface area contributed by atoms with Crippen molar-refractivity contribution >= 4 is 0 Å². The number of ether oxygens (including phenoxy) is 1. The minimum atomic E-state index is -0.900. The van der Waals surface area contributed by atoms with Gasteiger partial charge in [0.05, 0.1) is 12.2 Å². The lowest BCUT2D eigenvalue weighted by Gasteiger charge is -2.25. The van der Waals surface area contributed by atoms with Gasteiger partial charge < -0.3 is 9.84 Å². The summed E-state index contributed by atoms with van der Waals surface area (Å²) in [4.78, 5) is 0. The van der Waals surface area contributed by atoms with E-state index in [9.17, 15) is 9.50 Å². The lowest BCUT2D eigenvalue weighted by Crippen LogP contribution is -2.35. The van der Waals surface area contributed by atoms with Gasteiger partial charge in [-0.05, 0) is 24.1 Å². The van der Waals surface area contributed by atoms with E-state index in [1.807, 2.05) is 6.92 Å². The van der Waals surface area contributed by atoms with Crippen molar-refractivity contribution < 1.29 is 14.2 Å². The van der Waals surface area contributed by atoms with Crippen LogP contribution in [0.25, 0.3) is 0 Å². The summed E-state index contributed by atoms with van der Waals surface area (Å²) >= 11 is 0. The molecule has 0 aliphatic heterocycles. The van der Waals surface area contributed by atoms with Gasteiger partial charge in [-0.1, -0.05) is 19.1 Å². The van der Waals surface area contributed by atoms with Crippen molar-refractivity contribution in [1.82, 2.24) is 0 Å². The number of aliphatic hydroxyl groups is 1. The third-order valence-corrected chi connectivity index (χ3v) is 2.49. The van der Waals surface area contributed by atoms with Crippen LogP contribution in [0.5, 0.6) is 0 Å². The van der Waals surface area contributed by atoms with Crippen molar-refractivity contribution in [2.24, 2.45) is 0 Å². The molecule has 1 N–H and O–H groups in total. The summed E-state index contributed by atoms with van der Waals surface area (Å²) in [6.45, 7) is 2.15. The molecule has 2 nitrogen and oxygen atoms in total. The number of hydrogen-bond acceptors (Lipinski definition) is 2. The molecule has 0 saturated carbocycles. The first-order valence-electron chi connectivity index (χ1n) is 5.05. The van der Waals surface area contributed by atoms with Crippen LogP contribution in [0.4, 0.5) is 4.39 Å². The summed E-state index contributed by atoms with van der Waals surface area (Å²) in [5.74, 6) is -0.275. The van der Waals surface area contributed by atoms with Gasteiger partial charge in [0.25, 0.3) is 0 Å². The van der Waals surface area contributed by atoms with Crippen LogP contribution < -0.4 is 0 Å². The highest BCUT2D eigenvalue weighted by Crippen LogP contribution is 2.18. The van der Waals surface area contributed by atoms with Gasteiger partial charge in [-0.2, -0.15) is 0 Å². The van der Waals surface area contributed by atoms with Gasteiger partial charge in [0.2, 0.25) is 0 Å². The van der Waals surface area contributed by atoms with Crippen LogP contribution in [0.1, 0.15) is 18.9 Å². The molecule has 1 unspecified atom stereocenters. The van der Waals surface area contributed by atoms with Crippen molar-refractivity contribution in [2.75, 3.05) is 13.7 Å². The average molecular weight is 212 g/mol. The minimum Gasteiger partial charge on any atom is -0.387 e. The van der Waals surface area contributed by atoms with E-state index in [0.717, 1.165) is 5.56 Å². The third-order valence-electron chi connectivity index (χ3n) is 2.49. The zero-order valence-electron chi connectivity index (χ0n) is 9.16. The third kappa shape index (κ3) is 3.61. The molecule has 0 spiro atoms. The molecule has 0 bridgehead atoms. The van der Waals surface area contributed by atoms with Gasteiger partial charge in [-0.25, -0.2) is 4.39 Å². The molecule has 0 aromatic heterocycles. The molecular weight excluding hydrogens is 195 g/mol. The van der Waals surface area contributed by atoms with Crippen molar-refractivity contribution in [3.8, 4) is 0 Å². The highest BCUT2D eigenvalue weighted by molar-refractivity contribution is 5.18. The molecular formula is C12H17FO2. The Bertz CT molecular complexity index is 314. The van der Waals surface area contributed by atoms with Crippen LogP contribution >= 0.6 is 0 Å². The van der Waals surface area contributed by atoms with Crippen molar-refractivity contribution in [3.05, 3.63) is 35.6 Å². The lowest BCUT2D eigenvalue weighted by molar-refractivity contribution is -0.0333. The number of halogens is 1. The minimum absolute atomic E-state index is 0.264. The van der Waals surface area contributed by atoms with Gasteiger partial charge in [0.15, 0.2) is 0 Å². The van der Waals surface area contributed by atoms with Gasteiger partial charge in [-0.3, -0.25) is 0 Å². The smallest absolute Gasteiger partial charge is 0.123 e. The lowest BCUT2D eigenvalue weighted by atomic mass is 9.93. The predicted octanol–water partition coefficient (Wildman–Crippen LogP) is 2.16. The fraction of sp³-hybridized carbons (Fsp3) is 0.500. The van der Waals surface area contributed by atoms with Gasteiger partial charge >= 0.3 is 0 Å². The second-order valence-electron chi connectivity index (χ2n) is 3.82. The van der Waals surface area contributed by atoms with Crippen LogP contribution in [0.15, 0.2) is 24.3 Å². The highest BCUT2D eigenvalue weighted by Gasteiger charge is 2.24. The number of rotatable bonds is 5. The maximum absolute atomic E-state index is 12.9. The summed E-state index contributed by atoms with van der Waals surface area (Å²) in [5.41, 5.74) is -0.112. The summed E-state index contributed by atoms with van der Waals surface area (Å²) in [5, 5.41) is 10.1. The Labute approximate surface area is 89.7 Å². The molecule has 0 amide bonds. The molecule has 3 heteroatoms. The summed E-state index contributed by atoms with van der Waals surface area (Å²) in [6.07, 6.45) is 0.993. The van der Waals surface area contributed by atoms with E-state index < -0.39 is 5.60 Å². The Morgan fingerprint density at radius 3 is 2.73 bits per heavy atom. The van der Waals surface area contributed by atoms with Crippen LogP contribution in [-0.2, 0) is 11.2 Å². The maximum Gasteiger partial charge on any atom is 0.123 e. The Kier molecular flexibility index (Phi) is 4.24. The Morgan fingerprint density at radius 1 is 1.47 bits per heavy atom.